The first-order chi connectivity index (χ1) is 12.1. The van der Waals surface area contributed by atoms with Crippen LogP contribution in [0.3, 0.4) is 0 Å². The molecular weight excluding hydrogens is 316 g/mol. The number of aldehydes is 1. The Bertz CT molecular complexity index is 964. The van der Waals surface area contributed by atoms with Crippen LogP contribution in [0.1, 0.15) is 16.3 Å². The standard InChI is InChI=1S/C18H18N6O/c1-11-5-4-6-13(19-11)18-17(20-16(10-25)21-18)12-7-8-15-14(9-12)22-24(3)23(15)2/h4-10,22H,1-3H3,(H,20,21). The highest BCUT2D eigenvalue weighted by atomic mass is 16.1. The van der Waals surface area contributed by atoms with E-state index in [4.69, 9.17) is 0 Å². The van der Waals surface area contributed by atoms with Crippen LogP contribution < -0.4 is 10.4 Å². The van der Waals surface area contributed by atoms with E-state index < -0.39 is 0 Å². The van der Waals surface area contributed by atoms with Crippen molar-refractivity contribution in [2.45, 2.75) is 6.92 Å². The molecule has 0 aliphatic carbocycles. The van der Waals surface area contributed by atoms with E-state index in [1.54, 1.807) is 0 Å². The fraction of sp³-hybridized carbons (Fsp3) is 0.167. The largest absolute Gasteiger partial charge is 0.334 e. The van der Waals surface area contributed by atoms with Gasteiger partial charge in [-0.1, -0.05) is 12.1 Å². The molecule has 0 spiro atoms. The smallest absolute Gasteiger partial charge is 0.185 e. The Labute approximate surface area is 145 Å². The van der Waals surface area contributed by atoms with Gasteiger partial charge in [0.25, 0.3) is 0 Å². The van der Waals surface area contributed by atoms with E-state index in [1.165, 1.54) is 0 Å². The molecule has 0 fully saturated rings. The fourth-order valence-electron chi connectivity index (χ4n) is 2.99. The van der Waals surface area contributed by atoms with Gasteiger partial charge in [0.1, 0.15) is 0 Å². The molecule has 0 atom stereocenters. The lowest BCUT2D eigenvalue weighted by molar-refractivity contribution is 0.111. The molecule has 126 valence electrons. The molecule has 3 heterocycles. The van der Waals surface area contributed by atoms with Gasteiger partial charge in [0.05, 0.1) is 28.5 Å². The number of aromatic amines is 1. The average Bonchev–Trinajstić information content (AvgIpc) is 3.16. The minimum Gasteiger partial charge on any atom is -0.334 e. The molecule has 0 saturated carbocycles. The number of anilines is 2. The van der Waals surface area contributed by atoms with Crippen molar-refractivity contribution in [3.63, 3.8) is 0 Å². The van der Waals surface area contributed by atoms with E-state index >= 15 is 0 Å². The van der Waals surface area contributed by atoms with Gasteiger partial charge < -0.3 is 4.98 Å². The predicted molar refractivity (Wildman–Crippen MR) is 97.2 cm³/mol. The minimum atomic E-state index is 0.288. The highest BCUT2D eigenvalue weighted by molar-refractivity contribution is 5.85. The number of imidazole rings is 1. The second-order valence-corrected chi connectivity index (χ2v) is 6.02. The van der Waals surface area contributed by atoms with Crippen molar-refractivity contribution < 1.29 is 4.79 Å². The molecule has 1 aliphatic heterocycles. The number of carbonyl (C=O) groups excluding carboxylic acids is 1. The van der Waals surface area contributed by atoms with E-state index in [1.807, 2.05) is 67.5 Å². The molecule has 2 N–H and O–H groups in total. The van der Waals surface area contributed by atoms with Crippen molar-refractivity contribution in [2.24, 2.45) is 0 Å². The summed E-state index contributed by atoms with van der Waals surface area (Å²) in [6.45, 7) is 1.94. The van der Waals surface area contributed by atoms with Gasteiger partial charge in [0, 0.05) is 25.4 Å². The maximum atomic E-state index is 11.2. The number of benzene rings is 1. The minimum absolute atomic E-state index is 0.288. The van der Waals surface area contributed by atoms with Gasteiger partial charge >= 0.3 is 0 Å². The normalized spacial score (nSPS) is 13.6. The molecule has 0 unspecified atom stereocenters. The summed E-state index contributed by atoms with van der Waals surface area (Å²) in [6.07, 6.45) is 0.718. The van der Waals surface area contributed by atoms with Gasteiger partial charge in [-0.2, -0.15) is 0 Å². The number of nitrogens with zero attached hydrogens (tertiary/aromatic N) is 4. The van der Waals surface area contributed by atoms with Gasteiger partial charge in [-0.3, -0.25) is 20.2 Å². The Morgan fingerprint density at radius 1 is 1.12 bits per heavy atom. The number of nitrogens with one attached hydrogen (secondary N) is 2. The lowest BCUT2D eigenvalue weighted by Gasteiger charge is -2.19. The van der Waals surface area contributed by atoms with Crippen LogP contribution in [-0.4, -0.2) is 40.5 Å². The second kappa shape index (κ2) is 5.71. The quantitative estimate of drug-likeness (QED) is 0.717. The number of rotatable bonds is 3. The zero-order chi connectivity index (χ0) is 17.6. The highest BCUT2D eigenvalue weighted by Crippen LogP contribution is 2.37. The maximum Gasteiger partial charge on any atom is 0.185 e. The summed E-state index contributed by atoms with van der Waals surface area (Å²) in [6, 6.07) is 11.8. The fourth-order valence-corrected chi connectivity index (χ4v) is 2.99. The zero-order valence-electron chi connectivity index (χ0n) is 14.2. The van der Waals surface area contributed by atoms with Crippen LogP contribution in [0.4, 0.5) is 11.4 Å². The van der Waals surface area contributed by atoms with Crippen LogP contribution in [0.5, 0.6) is 0 Å². The Kier molecular flexibility index (Phi) is 3.51. The molecule has 25 heavy (non-hydrogen) atoms. The third kappa shape index (κ3) is 2.54. The van der Waals surface area contributed by atoms with Crippen LogP contribution >= 0.6 is 0 Å². The number of hydrogen-bond donors (Lipinski definition) is 2. The summed E-state index contributed by atoms with van der Waals surface area (Å²) in [4.78, 5) is 23.3. The van der Waals surface area contributed by atoms with Gasteiger partial charge in [-0.25, -0.2) is 4.98 Å². The van der Waals surface area contributed by atoms with Gasteiger partial charge in [0.15, 0.2) is 12.1 Å². The lowest BCUT2D eigenvalue weighted by Crippen LogP contribution is -2.34. The topological polar surface area (TPSA) is 77.2 Å². The Hall–Kier alpha value is -3.19. The summed E-state index contributed by atoms with van der Waals surface area (Å²) in [5, 5.41) is 3.92. The third-order valence-electron chi connectivity index (χ3n) is 4.33. The first-order valence-corrected chi connectivity index (χ1v) is 7.94. The zero-order valence-corrected chi connectivity index (χ0v) is 14.2. The molecule has 0 bridgehead atoms. The number of aryl methyl sites for hydroxylation is 1. The number of H-pyrrole nitrogens is 1. The van der Waals surface area contributed by atoms with Crippen molar-refractivity contribution in [3.05, 3.63) is 47.9 Å². The number of carbonyl (C=O) groups is 1. The summed E-state index contributed by atoms with van der Waals surface area (Å²) >= 11 is 0. The van der Waals surface area contributed by atoms with Crippen molar-refractivity contribution in [1.29, 1.82) is 0 Å². The molecule has 7 heteroatoms. The summed E-state index contributed by atoms with van der Waals surface area (Å²) in [5.74, 6) is 0.288. The molecule has 2 aromatic heterocycles. The van der Waals surface area contributed by atoms with Crippen molar-refractivity contribution in [2.75, 3.05) is 24.5 Å². The molecule has 0 amide bonds. The van der Waals surface area contributed by atoms with Crippen molar-refractivity contribution in [3.8, 4) is 22.6 Å². The van der Waals surface area contributed by atoms with Crippen LogP contribution in [0.2, 0.25) is 0 Å². The SMILES string of the molecule is Cc1cccc(-c2[nH]c(C=O)nc2-c2ccc3c(c2)NN(C)N3C)n1. The average molecular weight is 334 g/mol. The lowest BCUT2D eigenvalue weighted by atomic mass is 10.1. The number of hydrogen-bond acceptors (Lipinski definition) is 6. The van der Waals surface area contributed by atoms with Gasteiger partial charge in [0.2, 0.25) is 0 Å². The summed E-state index contributed by atoms with van der Waals surface area (Å²) in [7, 11) is 3.93. The van der Waals surface area contributed by atoms with Gasteiger partial charge in [-0.05, 0) is 31.2 Å². The van der Waals surface area contributed by atoms with E-state index in [2.05, 4.69) is 20.4 Å². The Morgan fingerprint density at radius 2 is 1.96 bits per heavy atom. The molecule has 0 saturated heterocycles. The number of aromatic nitrogens is 3. The van der Waals surface area contributed by atoms with E-state index in [0.717, 1.165) is 40.3 Å². The van der Waals surface area contributed by atoms with E-state index in [-0.39, 0.29) is 5.82 Å². The van der Waals surface area contributed by atoms with Crippen LogP contribution in [-0.2, 0) is 0 Å². The number of hydrazine groups is 2. The first kappa shape index (κ1) is 15.3. The molecule has 1 aliphatic rings. The first-order valence-electron chi connectivity index (χ1n) is 7.94. The predicted octanol–water partition coefficient (Wildman–Crippen LogP) is 2.88. The Balaban J connectivity index is 1.85. The molecule has 1 aromatic carbocycles. The molecule has 7 nitrogen and oxygen atoms in total. The maximum absolute atomic E-state index is 11.2. The monoisotopic (exact) mass is 334 g/mol. The number of fused-ring (bicyclic) bond motifs is 1. The van der Waals surface area contributed by atoms with E-state index in [0.29, 0.717) is 5.69 Å². The molecule has 4 rings (SSSR count). The molecule has 3 aromatic rings. The highest BCUT2D eigenvalue weighted by Gasteiger charge is 2.22. The van der Waals surface area contributed by atoms with Crippen LogP contribution in [0, 0.1) is 6.92 Å². The second-order valence-electron chi connectivity index (χ2n) is 6.02. The number of pyridine rings is 1. The van der Waals surface area contributed by atoms with Gasteiger partial charge in [-0.15, -0.1) is 5.12 Å². The van der Waals surface area contributed by atoms with Crippen molar-refractivity contribution >= 4 is 17.7 Å². The third-order valence-corrected chi connectivity index (χ3v) is 4.33. The van der Waals surface area contributed by atoms with Crippen LogP contribution in [0.25, 0.3) is 22.6 Å². The van der Waals surface area contributed by atoms with Crippen LogP contribution in [0.15, 0.2) is 36.4 Å². The summed E-state index contributed by atoms with van der Waals surface area (Å²) < 4.78 is 0. The molecule has 0 radical (unpaired) electrons. The van der Waals surface area contributed by atoms with Crippen molar-refractivity contribution in [1.82, 2.24) is 20.1 Å². The Morgan fingerprint density at radius 3 is 2.72 bits per heavy atom. The molecular formula is C18H18N6O. The summed E-state index contributed by atoms with van der Waals surface area (Å²) in [5.41, 5.74) is 9.38. The van der Waals surface area contributed by atoms with E-state index in [9.17, 15) is 4.79 Å².